The molecule has 0 aromatic carbocycles. The molecule has 170 valence electrons. The molecule has 0 aliphatic rings. The van der Waals surface area contributed by atoms with E-state index in [0.717, 1.165) is 19.3 Å². The molecule has 5 heteroatoms. The second-order valence-corrected chi connectivity index (χ2v) is 8.33. The molecule has 5 nitrogen and oxygen atoms in total. The van der Waals surface area contributed by atoms with Crippen molar-refractivity contribution >= 4 is 12.0 Å². The highest BCUT2D eigenvalue weighted by Gasteiger charge is 1.98. The summed E-state index contributed by atoms with van der Waals surface area (Å²) in [4.78, 5) is 24.4. The maximum atomic E-state index is 10.9. The van der Waals surface area contributed by atoms with Crippen molar-refractivity contribution in [3.8, 4) is 0 Å². The summed E-state index contributed by atoms with van der Waals surface area (Å²) in [5.74, 6) is -0.268. The number of unbranched alkanes of at least 4 members (excludes halogenated alkanes) is 19. The maximum absolute atomic E-state index is 10.9. The smallest absolute Gasteiger partial charge is 0.243 e. The highest BCUT2D eigenvalue weighted by atomic mass is 16.5. The number of isocyanates is 1. The van der Waals surface area contributed by atoms with E-state index in [9.17, 15) is 9.59 Å². The molecule has 0 bridgehead atoms. The van der Waals surface area contributed by atoms with Crippen LogP contribution in [0.2, 0.25) is 0 Å². The number of aliphatic imine (C=N–C) groups is 1. The van der Waals surface area contributed by atoms with Crippen molar-refractivity contribution in [3.63, 3.8) is 0 Å². The van der Waals surface area contributed by atoms with E-state index in [1.54, 1.807) is 11.6 Å². The van der Waals surface area contributed by atoms with Crippen molar-refractivity contribution in [2.45, 2.75) is 135 Å². The summed E-state index contributed by atoms with van der Waals surface area (Å²) in [6.07, 6.45) is 27.8. The van der Waals surface area contributed by atoms with Crippen LogP contribution in [0, 0.1) is 0 Å². The molecule has 0 radical (unpaired) electrons. The molecule has 0 rings (SSSR count). The van der Waals surface area contributed by atoms with Crippen LogP contribution in [0.25, 0.3) is 0 Å². The molecule has 0 aliphatic heterocycles. The van der Waals surface area contributed by atoms with E-state index in [4.69, 9.17) is 5.21 Å². The molecule has 0 atom stereocenters. The van der Waals surface area contributed by atoms with Gasteiger partial charge in [0.25, 0.3) is 0 Å². The molecule has 0 saturated heterocycles. The van der Waals surface area contributed by atoms with Gasteiger partial charge >= 0.3 is 0 Å². The van der Waals surface area contributed by atoms with Gasteiger partial charge in [-0.25, -0.2) is 15.3 Å². The Morgan fingerprint density at radius 1 is 0.586 bits per heavy atom. The van der Waals surface area contributed by atoms with Gasteiger partial charge in [0.1, 0.15) is 0 Å². The fraction of sp³-hybridized carbons (Fsp3) is 0.917. The molecule has 0 aliphatic carbocycles. The van der Waals surface area contributed by atoms with E-state index in [2.05, 4.69) is 4.99 Å². The van der Waals surface area contributed by atoms with Gasteiger partial charge in [-0.2, -0.15) is 0 Å². The second-order valence-electron chi connectivity index (χ2n) is 8.33. The highest BCUT2D eigenvalue weighted by molar-refractivity contribution is 5.74. The van der Waals surface area contributed by atoms with Crippen LogP contribution in [0.3, 0.4) is 0 Å². The van der Waals surface area contributed by atoms with E-state index in [1.807, 2.05) is 0 Å². The zero-order valence-electron chi connectivity index (χ0n) is 18.8. The van der Waals surface area contributed by atoms with E-state index in [1.165, 1.54) is 109 Å². The molecule has 0 fully saturated rings. The molecule has 0 heterocycles. The highest BCUT2D eigenvalue weighted by Crippen LogP contribution is 2.15. The number of amides is 1. The van der Waals surface area contributed by atoms with Gasteiger partial charge in [0.2, 0.25) is 12.0 Å². The predicted octanol–water partition coefficient (Wildman–Crippen LogP) is 7.02. The standard InChI is InChI=1S/C24H46N2O3/c27-23-25-22-20-18-16-14-12-10-8-6-4-2-1-3-5-7-9-11-13-15-17-19-21-24(28)26-29/h29H,1-22H2,(H,26,28). The summed E-state index contributed by atoms with van der Waals surface area (Å²) >= 11 is 0. The Bertz CT molecular complexity index is 396. The minimum Gasteiger partial charge on any atom is -0.289 e. The average Bonchev–Trinajstić information content (AvgIpc) is 2.74. The van der Waals surface area contributed by atoms with Gasteiger partial charge in [0, 0.05) is 6.42 Å². The summed E-state index contributed by atoms with van der Waals surface area (Å²) in [5, 5.41) is 8.40. The molecule has 29 heavy (non-hydrogen) atoms. The Labute approximate surface area is 179 Å². The summed E-state index contributed by atoms with van der Waals surface area (Å²) in [6.45, 7) is 0.651. The first-order valence-electron chi connectivity index (χ1n) is 12.3. The summed E-state index contributed by atoms with van der Waals surface area (Å²) in [7, 11) is 0. The van der Waals surface area contributed by atoms with Gasteiger partial charge in [0.15, 0.2) is 0 Å². The Morgan fingerprint density at radius 2 is 0.897 bits per heavy atom. The Morgan fingerprint density at radius 3 is 1.21 bits per heavy atom. The number of rotatable bonds is 23. The summed E-state index contributed by atoms with van der Waals surface area (Å²) in [6, 6.07) is 0. The van der Waals surface area contributed by atoms with Gasteiger partial charge in [-0.3, -0.25) is 10.0 Å². The van der Waals surface area contributed by atoms with Crippen LogP contribution in [0.4, 0.5) is 0 Å². The van der Waals surface area contributed by atoms with Crippen LogP contribution >= 0.6 is 0 Å². The predicted molar refractivity (Wildman–Crippen MR) is 120 cm³/mol. The number of nitrogens with zero attached hydrogens (tertiary/aromatic N) is 1. The number of carbonyl (C=O) groups is 1. The number of hydroxylamine groups is 1. The van der Waals surface area contributed by atoms with Crippen LogP contribution in [-0.2, 0) is 9.59 Å². The lowest BCUT2D eigenvalue weighted by Crippen LogP contribution is -2.17. The molecule has 2 N–H and O–H groups in total. The molecular formula is C24H46N2O3. The molecule has 0 aromatic heterocycles. The topological polar surface area (TPSA) is 78.8 Å². The fourth-order valence-electron chi connectivity index (χ4n) is 3.76. The van der Waals surface area contributed by atoms with E-state index in [-0.39, 0.29) is 5.91 Å². The first-order chi connectivity index (χ1) is 14.3. The molecule has 1 amide bonds. The summed E-state index contributed by atoms with van der Waals surface area (Å²) < 4.78 is 0. The zero-order chi connectivity index (χ0) is 21.3. The van der Waals surface area contributed by atoms with E-state index in [0.29, 0.717) is 13.0 Å². The largest absolute Gasteiger partial charge is 0.289 e. The molecule has 0 saturated carbocycles. The number of hydrogen-bond acceptors (Lipinski definition) is 4. The quantitative estimate of drug-likeness (QED) is 0.0624. The zero-order valence-corrected chi connectivity index (χ0v) is 18.8. The number of hydrogen-bond donors (Lipinski definition) is 2. The van der Waals surface area contributed by atoms with Crippen LogP contribution in [0.1, 0.15) is 135 Å². The lowest BCUT2D eigenvalue weighted by Gasteiger charge is -2.04. The molecule has 0 spiro atoms. The van der Waals surface area contributed by atoms with Crippen LogP contribution < -0.4 is 5.48 Å². The minimum absolute atomic E-state index is 0.268. The lowest BCUT2D eigenvalue weighted by molar-refractivity contribution is -0.129. The fourth-order valence-corrected chi connectivity index (χ4v) is 3.76. The normalized spacial score (nSPS) is 10.7. The maximum Gasteiger partial charge on any atom is 0.243 e. The average molecular weight is 411 g/mol. The molecular weight excluding hydrogens is 364 g/mol. The lowest BCUT2D eigenvalue weighted by atomic mass is 10.0. The van der Waals surface area contributed by atoms with Gasteiger partial charge < -0.3 is 0 Å². The number of nitrogens with one attached hydrogen (secondary N) is 1. The van der Waals surface area contributed by atoms with Crippen molar-refractivity contribution < 1.29 is 14.8 Å². The summed E-state index contributed by atoms with van der Waals surface area (Å²) in [5.41, 5.74) is 1.68. The van der Waals surface area contributed by atoms with E-state index < -0.39 is 0 Å². The molecule has 0 aromatic rings. The van der Waals surface area contributed by atoms with Crippen LogP contribution in [-0.4, -0.2) is 23.7 Å². The van der Waals surface area contributed by atoms with Crippen LogP contribution in [0.5, 0.6) is 0 Å². The second kappa shape index (κ2) is 24.8. The van der Waals surface area contributed by atoms with Crippen molar-refractivity contribution in [1.82, 2.24) is 5.48 Å². The Balaban J connectivity index is 3.03. The van der Waals surface area contributed by atoms with Gasteiger partial charge in [-0.15, -0.1) is 0 Å². The van der Waals surface area contributed by atoms with E-state index >= 15 is 0 Å². The van der Waals surface area contributed by atoms with Gasteiger partial charge in [-0.05, 0) is 12.8 Å². The first-order valence-corrected chi connectivity index (χ1v) is 12.3. The Kier molecular flexibility index (Phi) is 23.8. The minimum atomic E-state index is -0.268. The van der Waals surface area contributed by atoms with Crippen LogP contribution in [0.15, 0.2) is 4.99 Å². The third-order valence-electron chi connectivity index (χ3n) is 5.61. The SMILES string of the molecule is O=C=NCCCCCCCCCCCCCCCCCCCCCCC(=O)NO. The molecule has 0 unspecified atom stereocenters. The van der Waals surface area contributed by atoms with Gasteiger partial charge in [0.05, 0.1) is 6.54 Å². The van der Waals surface area contributed by atoms with Gasteiger partial charge in [-0.1, -0.05) is 116 Å². The Hall–Kier alpha value is -1.19. The third kappa shape index (κ3) is 24.8. The monoisotopic (exact) mass is 410 g/mol. The van der Waals surface area contributed by atoms with Crippen molar-refractivity contribution in [1.29, 1.82) is 0 Å². The van der Waals surface area contributed by atoms with Crippen molar-refractivity contribution in [2.24, 2.45) is 4.99 Å². The van der Waals surface area contributed by atoms with Crippen molar-refractivity contribution in [2.75, 3.05) is 6.54 Å². The first kappa shape index (κ1) is 27.8. The third-order valence-corrected chi connectivity index (χ3v) is 5.61. The van der Waals surface area contributed by atoms with Crippen molar-refractivity contribution in [3.05, 3.63) is 0 Å². The number of carbonyl (C=O) groups excluding carboxylic acids is 2.